The zero-order valence-electron chi connectivity index (χ0n) is 35.2. The smallest absolute Gasteiger partial charge is 0.128 e. The number of benzene rings is 6. The van der Waals surface area contributed by atoms with Gasteiger partial charge in [0.2, 0.25) is 0 Å². The number of nitriles is 2. The first-order chi connectivity index (χ1) is 30.5. The second-order valence-electron chi connectivity index (χ2n) is 14.3. The molecule has 0 atom stereocenters. The van der Waals surface area contributed by atoms with E-state index in [0.717, 1.165) is 81.9 Å². The van der Waals surface area contributed by atoms with E-state index in [1.807, 2.05) is 158 Å². The summed E-state index contributed by atoms with van der Waals surface area (Å²) in [7, 11) is 0. The van der Waals surface area contributed by atoms with E-state index < -0.39 is 0 Å². The van der Waals surface area contributed by atoms with Gasteiger partial charge < -0.3 is 18.9 Å². The molecule has 0 N–H and O–H groups in total. The summed E-state index contributed by atoms with van der Waals surface area (Å²) in [6, 6.07) is 50.8. The highest BCUT2D eigenvalue weighted by molar-refractivity contribution is 5.91. The van der Waals surface area contributed by atoms with Gasteiger partial charge in [-0.2, -0.15) is 10.5 Å². The minimum atomic E-state index is 0.315. The van der Waals surface area contributed by atoms with E-state index in [-0.39, 0.29) is 0 Å². The van der Waals surface area contributed by atoms with Crippen LogP contribution in [0.5, 0.6) is 23.0 Å². The summed E-state index contributed by atoms with van der Waals surface area (Å²) in [6.07, 6.45) is 11.5. The van der Waals surface area contributed by atoms with Crippen LogP contribution in [0.1, 0.15) is 72.9 Å². The van der Waals surface area contributed by atoms with Gasteiger partial charge in [-0.1, -0.05) is 99.5 Å². The maximum absolute atomic E-state index is 9.90. The molecule has 62 heavy (non-hydrogen) atoms. The lowest BCUT2D eigenvalue weighted by Crippen LogP contribution is -2.10. The molecule has 0 aliphatic heterocycles. The lowest BCUT2D eigenvalue weighted by Gasteiger charge is -2.11. The van der Waals surface area contributed by atoms with E-state index in [4.69, 9.17) is 18.9 Å². The number of rotatable bonds is 21. The highest BCUT2D eigenvalue weighted by atomic mass is 16.5. The lowest BCUT2D eigenvalue weighted by molar-refractivity contribution is 0.217. The number of unbranched alkanes of at least 4 members (excludes halogenated alkanes) is 2. The highest BCUT2D eigenvalue weighted by Crippen LogP contribution is 2.26. The third-order valence-corrected chi connectivity index (χ3v) is 9.65. The summed E-state index contributed by atoms with van der Waals surface area (Å²) in [5.74, 6) is 3.03. The first kappa shape index (κ1) is 43.9. The molecule has 0 fully saturated rings. The van der Waals surface area contributed by atoms with Crippen molar-refractivity contribution >= 4 is 47.1 Å². The Balaban J connectivity index is 1.01. The van der Waals surface area contributed by atoms with Gasteiger partial charge in [0.15, 0.2) is 0 Å². The lowest BCUT2D eigenvalue weighted by atomic mass is 10.0. The SMILES string of the molecule is CCCCOc1ccc(/C=C(\C#N)c2ccc(N=Cc3ccccc3OCCOc3ccccc3C=Nc3ccc(/C(C#N)=C\c4ccc(OCCCC)cc4)cc3)cc2)cc1. The first-order valence-corrected chi connectivity index (χ1v) is 21.0. The molecule has 0 heterocycles. The fourth-order valence-electron chi connectivity index (χ4n) is 6.17. The number of hydrogen-bond donors (Lipinski definition) is 0. The van der Waals surface area contributed by atoms with Crippen molar-refractivity contribution in [1.82, 2.24) is 0 Å². The molecule has 0 saturated carbocycles. The molecular formula is C54H50N4O4. The van der Waals surface area contributed by atoms with Crippen molar-refractivity contribution in [2.45, 2.75) is 39.5 Å². The molecule has 8 heteroatoms. The van der Waals surface area contributed by atoms with Crippen LogP contribution in [0, 0.1) is 22.7 Å². The third-order valence-electron chi connectivity index (χ3n) is 9.65. The molecule has 0 radical (unpaired) electrons. The molecule has 310 valence electrons. The van der Waals surface area contributed by atoms with Crippen molar-refractivity contribution in [3.63, 3.8) is 0 Å². The van der Waals surface area contributed by atoms with Gasteiger partial charge in [-0.3, -0.25) is 9.98 Å². The van der Waals surface area contributed by atoms with Crippen molar-refractivity contribution in [3.8, 4) is 35.1 Å². The molecule has 0 aliphatic carbocycles. The molecule has 6 aromatic carbocycles. The Morgan fingerprint density at radius 1 is 0.468 bits per heavy atom. The predicted octanol–water partition coefficient (Wildman–Crippen LogP) is 13.1. The van der Waals surface area contributed by atoms with Crippen molar-refractivity contribution in [1.29, 1.82) is 10.5 Å². The van der Waals surface area contributed by atoms with Crippen LogP contribution >= 0.6 is 0 Å². The minimum Gasteiger partial charge on any atom is -0.494 e. The fraction of sp³-hybridized carbons (Fsp3) is 0.185. The largest absolute Gasteiger partial charge is 0.494 e. The molecular weight excluding hydrogens is 769 g/mol. The Hall–Kier alpha value is -7.68. The third kappa shape index (κ3) is 13.4. The van der Waals surface area contributed by atoms with Crippen LogP contribution in [-0.4, -0.2) is 38.9 Å². The van der Waals surface area contributed by atoms with Crippen molar-refractivity contribution in [2.75, 3.05) is 26.4 Å². The monoisotopic (exact) mass is 818 g/mol. The standard InChI is InChI=1S/C54H50N4O4/c1-3-5-31-59-51-27-15-41(16-28-51)35-47(37-55)43-19-23-49(24-20-43)57-39-45-11-7-9-13-53(45)61-33-34-62-54-14-10-8-12-46(54)40-58-50-25-21-44(22-26-50)48(38-56)36-42-17-29-52(30-18-42)60-32-6-4-2/h7-30,35-36,39-40H,3-6,31-34H2,1-2H3/b47-35-,48-36+,57-39?,58-40?. The second-order valence-corrected chi connectivity index (χ2v) is 14.3. The van der Waals surface area contributed by atoms with Crippen molar-refractivity contribution in [2.24, 2.45) is 9.98 Å². The highest BCUT2D eigenvalue weighted by Gasteiger charge is 2.07. The summed E-state index contributed by atoms with van der Waals surface area (Å²) < 4.78 is 23.8. The Kier molecular flexibility index (Phi) is 16.8. The van der Waals surface area contributed by atoms with Crippen molar-refractivity contribution in [3.05, 3.63) is 179 Å². The summed E-state index contributed by atoms with van der Waals surface area (Å²) in [5, 5.41) is 19.8. The van der Waals surface area contributed by atoms with E-state index in [9.17, 15) is 10.5 Å². The van der Waals surface area contributed by atoms with Gasteiger partial charge >= 0.3 is 0 Å². The number of hydrogen-bond acceptors (Lipinski definition) is 8. The molecule has 0 spiro atoms. The van der Waals surface area contributed by atoms with Crippen LogP contribution in [0.15, 0.2) is 156 Å². The molecule has 0 saturated heterocycles. The van der Waals surface area contributed by atoms with E-state index >= 15 is 0 Å². The van der Waals surface area contributed by atoms with E-state index in [1.165, 1.54) is 0 Å². The Labute approximate surface area is 365 Å². The fourth-order valence-corrected chi connectivity index (χ4v) is 6.17. The molecule has 0 aliphatic rings. The van der Waals surface area contributed by atoms with Crippen LogP contribution in [0.4, 0.5) is 11.4 Å². The summed E-state index contributed by atoms with van der Waals surface area (Å²) in [5.41, 5.74) is 7.76. The quantitative estimate of drug-likeness (QED) is 0.0310. The molecule has 0 aromatic heterocycles. The van der Waals surface area contributed by atoms with Crippen LogP contribution in [0.25, 0.3) is 23.3 Å². The normalized spacial score (nSPS) is 11.6. The van der Waals surface area contributed by atoms with E-state index in [0.29, 0.717) is 49.1 Å². The summed E-state index contributed by atoms with van der Waals surface area (Å²) in [6.45, 7) is 6.30. The Morgan fingerprint density at radius 3 is 1.23 bits per heavy atom. The number of allylic oxidation sites excluding steroid dienone is 2. The minimum absolute atomic E-state index is 0.315. The number of ether oxygens (including phenoxy) is 4. The Bertz CT molecular complexity index is 2360. The van der Waals surface area contributed by atoms with E-state index in [2.05, 4.69) is 36.0 Å². The second kappa shape index (κ2) is 23.8. The van der Waals surface area contributed by atoms with Gasteiger partial charge in [-0.15, -0.1) is 0 Å². The average molecular weight is 819 g/mol. The van der Waals surface area contributed by atoms with Gasteiger partial charge in [0.25, 0.3) is 0 Å². The Morgan fingerprint density at radius 2 is 0.855 bits per heavy atom. The van der Waals surface area contributed by atoms with E-state index in [1.54, 1.807) is 12.4 Å². The van der Waals surface area contributed by atoms with Gasteiger partial charge in [-0.05, 0) is 120 Å². The van der Waals surface area contributed by atoms with Gasteiger partial charge in [0.1, 0.15) is 36.2 Å². The molecule has 0 unspecified atom stereocenters. The molecule has 0 bridgehead atoms. The van der Waals surface area contributed by atoms with Gasteiger partial charge in [-0.25, -0.2) is 0 Å². The molecule has 0 amide bonds. The van der Waals surface area contributed by atoms with Crippen LogP contribution in [0.2, 0.25) is 0 Å². The zero-order chi connectivity index (χ0) is 43.2. The number of nitrogens with zero attached hydrogens (tertiary/aromatic N) is 4. The van der Waals surface area contributed by atoms with Crippen LogP contribution < -0.4 is 18.9 Å². The first-order valence-electron chi connectivity index (χ1n) is 21.0. The summed E-state index contributed by atoms with van der Waals surface area (Å²) in [4.78, 5) is 9.36. The number of aliphatic imine (C=N–C) groups is 2. The average Bonchev–Trinajstić information content (AvgIpc) is 3.32. The van der Waals surface area contributed by atoms with Crippen LogP contribution in [-0.2, 0) is 0 Å². The topological polar surface area (TPSA) is 109 Å². The van der Waals surface area contributed by atoms with Crippen molar-refractivity contribution < 1.29 is 18.9 Å². The number of para-hydroxylation sites is 2. The maximum atomic E-state index is 9.90. The summed E-state index contributed by atoms with van der Waals surface area (Å²) >= 11 is 0. The maximum Gasteiger partial charge on any atom is 0.128 e. The molecule has 6 aromatic rings. The zero-order valence-corrected chi connectivity index (χ0v) is 35.2. The van der Waals surface area contributed by atoms with Gasteiger partial charge in [0.05, 0.1) is 47.9 Å². The van der Waals surface area contributed by atoms with Gasteiger partial charge in [0, 0.05) is 23.6 Å². The molecule has 6 rings (SSSR count). The predicted molar refractivity (Wildman–Crippen MR) is 252 cm³/mol. The van der Waals surface area contributed by atoms with Crippen LogP contribution in [0.3, 0.4) is 0 Å². The molecule has 8 nitrogen and oxygen atoms in total.